The Labute approximate surface area is 93.4 Å². The fraction of sp³-hybridized carbons (Fsp3) is 0.300. The molecule has 0 heterocycles. The normalized spacial score (nSPS) is 10.0. The first-order chi connectivity index (χ1) is 7.19. The van der Waals surface area contributed by atoms with E-state index in [4.69, 9.17) is 32.2 Å². The molecule has 0 spiro atoms. The minimum atomic E-state index is 0.416. The van der Waals surface area contributed by atoms with E-state index < -0.39 is 0 Å². The second kappa shape index (κ2) is 5.58. The lowest BCUT2D eigenvalue weighted by Gasteiger charge is -2.09. The summed E-state index contributed by atoms with van der Waals surface area (Å²) in [5, 5.41) is 7.54. The lowest BCUT2D eigenvalue weighted by atomic mass is 10.2. The van der Waals surface area contributed by atoms with Crippen molar-refractivity contribution in [1.82, 2.24) is 0 Å². The van der Waals surface area contributed by atoms with Crippen molar-refractivity contribution >= 4 is 23.5 Å². The number of anilines is 1. The van der Waals surface area contributed by atoms with Crippen molar-refractivity contribution in [1.29, 1.82) is 5.41 Å². The molecule has 0 aliphatic heterocycles. The first-order valence-electron chi connectivity index (χ1n) is 4.40. The van der Waals surface area contributed by atoms with Crippen molar-refractivity contribution in [3.8, 4) is 5.75 Å². The van der Waals surface area contributed by atoms with Gasteiger partial charge in [0.25, 0.3) is 0 Å². The van der Waals surface area contributed by atoms with Crippen molar-refractivity contribution in [3.63, 3.8) is 0 Å². The van der Waals surface area contributed by atoms with E-state index in [2.05, 4.69) is 0 Å². The van der Waals surface area contributed by atoms with Crippen LogP contribution < -0.4 is 10.5 Å². The van der Waals surface area contributed by atoms with Crippen LogP contribution in [0.5, 0.6) is 5.75 Å². The van der Waals surface area contributed by atoms with Gasteiger partial charge in [0.05, 0.1) is 11.6 Å². The highest BCUT2D eigenvalue weighted by Crippen LogP contribution is 2.28. The van der Waals surface area contributed by atoms with Gasteiger partial charge >= 0.3 is 0 Å². The maximum Gasteiger partial charge on any atom is 0.140 e. The fourth-order valence-electron chi connectivity index (χ4n) is 1.06. The molecule has 1 rings (SSSR count). The van der Waals surface area contributed by atoms with E-state index in [9.17, 15) is 0 Å². The Morgan fingerprint density at radius 3 is 2.80 bits per heavy atom. The first-order valence-corrected chi connectivity index (χ1v) is 4.78. The van der Waals surface area contributed by atoms with Crippen LogP contribution >= 0.6 is 11.6 Å². The summed E-state index contributed by atoms with van der Waals surface area (Å²) in [6, 6.07) is 3.21. The summed E-state index contributed by atoms with van der Waals surface area (Å²) >= 11 is 5.93. The maximum absolute atomic E-state index is 7.10. The monoisotopic (exact) mass is 228 g/mol. The molecule has 15 heavy (non-hydrogen) atoms. The van der Waals surface area contributed by atoms with Crippen molar-refractivity contribution in [2.24, 2.45) is 0 Å². The number of hydrogen-bond donors (Lipinski definition) is 2. The summed E-state index contributed by atoms with van der Waals surface area (Å²) in [5.41, 5.74) is 6.74. The summed E-state index contributed by atoms with van der Waals surface area (Å²) in [4.78, 5) is 0. The molecule has 0 saturated carbocycles. The molecule has 82 valence electrons. The van der Waals surface area contributed by atoms with Crippen LogP contribution in [0, 0.1) is 5.41 Å². The molecule has 0 aliphatic carbocycles. The molecule has 0 bridgehead atoms. The molecular formula is C10H13ClN2O2. The molecule has 1 aromatic carbocycles. The molecule has 3 N–H and O–H groups in total. The number of hydrogen-bond acceptors (Lipinski definition) is 4. The number of nitrogens with one attached hydrogen (secondary N) is 1. The van der Waals surface area contributed by atoms with Crippen LogP contribution in [0.15, 0.2) is 12.1 Å². The third kappa shape index (κ3) is 3.11. The molecule has 0 amide bonds. The standard InChI is InChI=1S/C10H13ClN2O2/c1-14-2-3-15-10-5-9(13)7(6-12)4-8(10)11/h4-6,12H,2-3,13H2,1H3. The van der Waals surface area contributed by atoms with E-state index in [1.807, 2.05) is 0 Å². The number of methoxy groups -OCH3 is 1. The SMILES string of the molecule is COCCOc1cc(N)c(C=N)cc1Cl. The van der Waals surface area contributed by atoms with Gasteiger partial charge < -0.3 is 20.6 Å². The van der Waals surface area contributed by atoms with Gasteiger partial charge in [0.1, 0.15) is 12.4 Å². The second-order valence-corrected chi connectivity index (χ2v) is 3.30. The number of benzene rings is 1. The van der Waals surface area contributed by atoms with Gasteiger partial charge in [0.15, 0.2) is 0 Å². The minimum Gasteiger partial charge on any atom is -0.490 e. The zero-order valence-electron chi connectivity index (χ0n) is 8.42. The number of rotatable bonds is 5. The highest BCUT2D eigenvalue weighted by Gasteiger charge is 2.05. The zero-order chi connectivity index (χ0) is 11.3. The summed E-state index contributed by atoms with van der Waals surface area (Å²) in [5.74, 6) is 0.511. The van der Waals surface area contributed by atoms with Crippen molar-refractivity contribution in [3.05, 3.63) is 22.7 Å². The van der Waals surface area contributed by atoms with E-state index in [0.717, 1.165) is 6.21 Å². The average molecular weight is 229 g/mol. The quantitative estimate of drug-likeness (QED) is 0.460. The van der Waals surface area contributed by atoms with Crippen molar-refractivity contribution in [2.75, 3.05) is 26.1 Å². The fourth-order valence-corrected chi connectivity index (χ4v) is 1.28. The summed E-state index contributed by atoms with van der Waals surface area (Å²) in [6.45, 7) is 0.905. The van der Waals surface area contributed by atoms with E-state index >= 15 is 0 Å². The summed E-state index contributed by atoms with van der Waals surface area (Å²) in [6.07, 6.45) is 1.15. The molecule has 1 aromatic rings. The lowest BCUT2D eigenvalue weighted by Crippen LogP contribution is -2.05. The van der Waals surface area contributed by atoms with E-state index in [0.29, 0.717) is 35.2 Å². The first kappa shape index (κ1) is 11.8. The Morgan fingerprint density at radius 1 is 1.47 bits per heavy atom. The number of nitrogen functional groups attached to an aromatic ring is 1. The molecule has 5 heteroatoms. The Hall–Kier alpha value is -1.26. The number of ether oxygens (including phenoxy) is 2. The van der Waals surface area contributed by atoms with E-state index in [-0.39, 0.29) is 0 Å². The largest absolute Gasteiger partial charge is 0.490 e. The Kier molecular flexibility index (Phi) is 4.39. The predicted molar refractivity (Wildman–Crippen MR) is 61.1 cm³/mol. The van der Waals surface area contributed by atoms with Gasteiger partial charge in [-0.2, -0.15) is 0 Å². The molecule has 0 radical (unpaired) electrons. The number of halogens is 1. The van der Waals surface area contributed by atoms with Crippen molar-refractivity contribution in [2.45, 2.75) is 0 Å². The Balaban J connectivity index is 2.80. The highest BCUT2D eigenvalue weighted by molar-refractivity contribution is 6.32. The van der Waals surface area contributed by atoms with Crippen LogP contribution in [0.2, 0.25) is 5.02 Å². The van der Waals surface area contributed by atoms with Gasteiger partial charge in [-0.1, -0.05) is 11.6 Å². The lowest BCUT2D eigenvalue weighted by molar-refractivity contribution is 0.146. The zero-order valence-corrected chi connectivity index (χ0v) is 9.17. The molecule has 0 aromatic heterocycles. The van der Waals surface area contributed by atoms with Gasteiger partial charge in [-0.25, -0.2) is 0 Å². The summed E-state index contributed by atoms with van der Waals surface area (Å²) < 4.78 is 10.2. The Morgan fingerprint density at radius 2 is 2.20 bits per heavy atom. The second-order valence-electron chi connectivity index (χ2n) is 2.90. The van der Waals surface area contributed by atoms with Gasteiger partial charge in [-0.15, -0.1) is 0 Å². The van der Waals surface area contributed by atoms with Crippen LogP contribution in [0.4, 0.5) is 5.69 Å². The van der Waals surface area contributed by atoms with E-state index in [1.165, 1.54) is 0 Å². The van der Waals surface area contributed by atoms with Crippen LogP contribution in [0.3, 0.4) is 0 Å². The topological polar surface area (TPSA) is 68.3 Å². The number of nitrogens with two attached hydrogens (primary N) is 1. The third-order valence-electron chi connectivity index (χ3n) is 1.84. The van der Waals surface area contributed by atoms with E-state index in [1.54, 1.807) is 19.2 Å². The van der Waals surface area contributed by atoms with Crippen LogP contribution in [0.25, 0.3) is 0 Å². The Bertz CT molecular complexity index is 356. The van der Waals surface area contributed by atoms with Gasteiger partial charge in [0.2, 0.25) is 0 Å². The van der Waals surface area contributed by atoms with Gasteiger partial charge in [0, 0.05) is 30.6 Å². The minimum absolute atomic E-state index is 0.416. The van der Waals surface area contributed by atoms with Crippen LogP contribution in [-0.4, -0.2) is 26.5 Å². The molecular weight excluding hydrogens is 216 g/mol. The molecule has 0 saturated heterocycles. The smallest absolute Gasteiger partial charge is 0.140 e. The maximum atomic E-state index is 7.10. The molecule has 4 nitrogen and oxygen atoms in total. The summed E-state index contributed by atoms with van der Waals surface area (Å²) in [7, 11) is 1.59. The predicted octanol–water partition coefficient (Wildman–Crippen LogP) is 1.95. The third-order valence-corrected chi connectivity index (χ3v) is 2.13. The van der Waals surface area contributed by atoms with Gasteiger partial charge in [-0.05, 0) is 6.07 Å². The molecule has 0 unspecified atom stereocenters. The highest BCUT2D eigenvalue weighted by atomic mass is 35.5. The van der Waals surface area contributed by atoms with Crippen molar-refractivity contribution < 1.29 is 9.47 Å². The van der Waals surface area contributed by atoms with Crippen LogP contribution in [-0.2, 0) is 4.74 Å². The van der Waals surface area contributed by atoms with Crippen LogP contribution in [0.1, 0.15) is 5.56 Å². The molecule has 0 fully saturated rings. The average Bonchev–Trinajstić information content (AvgIpc) is 2.23. The molecule has 0 aliphatic rings. The molecule has 0 atom stereocenters. The van der Waals surface area contributed by atoms with Gasteiger partial charge in [-0.3, -0.25) is 0 Å².